The van der Waals surface area contributed by atoms with E-state index in [0.717, 1.165) is 18.5 Å². The van der Waals surface area contributed by atoms with Crippen LogP contribution >= 0.6 is 0 Å². The van der Waals surface area contributed by atoms with Crippen LogP contribution in [0.15, 0.2) is 30.3 Å². The second-order valence-electron chi connectivity index (χ2n) is 7.15. The second kappa shape index (κ2) is 6.50. The van der Waals surface area contributed by atoms with Crippen molar-refractivity contribution >= 4 is 0 Å². The molecule has 1 saturated heterocycles. The van der Waals surface area contributed by atoms with E-state index >= 15 is 0 Å². The minimum absolute atomic E-state index is 0.283. The Morgan fingerprint density at radius 3 is 2.43 bits per heavy atom. The van der Waals surface area contributed by atoms with Crippen molar-refractivity contribution in [2.24, 2.45) is 5.73 Å². The lowest BCUT2D eigenvalue weighted by Crippen LogP contribution is -2.59. The Morgan fingerprint density at radius 2 is 1.81 bits per heavy atom. The van der Waals surface area contributed by atoms with E-state index in [1.54, 1.807) is 0 Å². The zero-order valence-corrected chi connectivity index (χ0v) is 13.4. The summed E-state index contributed by atoms with van der Waals surface area (Å²) in [6.45, 7) is 4.49. The lowest BCUT2D eigenvalue weighted by molar-refractivity contribution is 0.000472. The number of benzene rings is 1. The molecule has 3 rings (SSSR count). The molecule has 1 aliphatic heterocycles. The maximum Gasteiger partial charge on any atom is 0.0334 e. The average Bonchev–Trinajstić information content (AvgIpc) is 2.56. The summed E-state index contributed by atoms with van der Waals surface area (Å²) in [7, 11) is 0. The molecule has 1 aromatic rings. The van der Waals surface area contributed by atoms with Crippen molar-refractivity contribution < 1.29 is 0 Å². The Morgan fingerprint density at radius 1 is 1.10 bits per heavy atom. The molecule has 0 bridgehead atoms. The van der Waals surface area contributed by atoms with Gasteiger partial charge in [-0.2, -0.15) is 0 Å². The number of nitrogens with two attached hydrogens (primary N) is 1. The van der Waals surface area contributed by atoms with E-state index in [4.69, 9.17) is 5.73 Å². The highest BCUT2D eigenvalue weighted by atomic mass is 15.2. The van der Waals surface area contributed by atoms with E-state index in [-0.39, 0.29) is 5.54 Å². The molecule has 1 aliphatic carbocycles. The van der Waals surface area contributed by atoms with E-state index in [0.29, 0.717) is 0 Å². The number of rotatable bonds is 3. The highest BCUT2D eigenvalue weighted by Gasteiger charge is 2.41. The Balaban J connectivity index is 1.69. The van der Waals surface area contributed by atoms with Gasteiger partial charge >= 0.3 is 0 Å². The summed E-state index contributed by atoms with van der Waals surface area (Å²) >= 11 is 0. The average molecular weight is 286 g/mol. The summed E-state index contributed by atoms with van der Waals surface area (Å²) in [6, 6.07) is 11.8. The number of hydrogen-bond donors (Lipinski definition) is 1. The summed E-state index contributed by atoms with van der Waals surface area (Å²) in [5.41, 5.74) is 8.08. The van der Waals surface area contributed by atoms with E-state index in [1.165, 1.54) is 57.1 Å². The minimum atomic E-state index is 0.283. The first kappa shape index (κ1) is 15.1. The maximum atomic E-state index is 6.27. The molecule has 116 valence electrons. The largest absolute Gasteiger partial charge is 0.329 e. The molecule has 1 aromatic carbocycles. The summed E-state index contributed by atoms with van der Waals surface area (Å²) in [5.74, 6) is 0.742. The molecule has 0 spiro atoms. The van der Waals surface area contributed by atoms with Crippen LogP contribution in [0.1, 0.15) is 63.4 Å². The van der Waals surface area contributed by atoms with Gasteiger partial charge in [0, 0.05) is 18.1 Å². The molecule has 1 heterocycles. The van der Waals surface area contributed by atoms with Crippen LogP contribution in [0.2, 0.25) is 0 Å². The molecule has 0 radical (unpaired) electrons. The van der Waals surface area contributed by atoms with Gasteiger partial charge in [-0.25, -0.2) is 0 Å². The molecule has 2 fully saturated rings. The quantitative estimate of drug-likeness (QED) is 0.912. The molecule has 1 saturated carbocycles. The molecule has 2 aliphatic rings. The lowest BCUT2D eigenvalue weighted by Gasteiger charge is -2.52. The zero-order valence-electron chi connectivity index (χ0n) is 13.4. The van der Waals surface area contributed by atoms with Crippen LogP contribution in [-0.4, -0.2) is 29.6 Å². The minimum Gasteiger partial charge on any atom is -0.329 e. The first-order valence-electron chi connectivity index (χ1n) is 8.77. The summed E-state index contributed by atoms with van der Waals surface area (Å²) in [5, 5.41) is 0. The molecule has 0 amide bonds. The fraction of sp³-hybridized carbons (Fsp3) is 0.684. The molecule has 21 heavy (non-hydrogen) atoms. The smallest absolute Gasteiger partial charge is 0.0334 e. The van der Waals surface area contributed by atoms with Crippen LogP contribution in [0, 0.1) is 0 Å². The van der Waals surface area contributed by atoms with Crippen molar-refractivity contribution in [3.05, 3.63) is 35.9 Å². The number of piperidine rings is 1. The zero-order chi connectivity index (χ0) is 14.7. The summed E-state index contributed by atoms with van der Waals surface area (Å²) in [4.78, 5) is 2.76. The third kappa shape index (κ3) is 3.02. The highest BCUT2D eigenvalue weighted by Crippen LogP contribution is 2.42. The topological polar surface area (TPSA) is 29.3 Å². The van der Waals surface area contributed by atoms with Gasteiger partial charge < -0.3 is 5.73 Å². The third-order valence-electron chi connectivity index (χ3n) is 5.98. The standard InChI is InChI=1S/C19H30N2/c1-16-7-5-6-14-21(16)19(15-20)12-10-18(11-13-19)17-8-3-2-4-9-17/h2-4,8-9,16,18H,5-7,10-15,20H2,1H3. The molecule has 1 atom stereocenters. The van der Waals surface area contributed by atoms with Crippen molar-refractivity contribution in [1.82, 2.24) is 4.90 Å². The Kier molecular flexibility index (Phi) is 4.66. The van der Waals surface area contributed by atoms with Crippen LogP contribution in [-0.2, 0) is 0 Å². The van der Waals surface area contributed by atoms with Crippen LogP contribution in [0.25, 0.3) is 0 Å². The van der Waals surface area contributed by atoms with Crippen molar-refractivity contribution in [1.29, 1.82) is 0 Å². The van der Waals surface area contributed by atoms with Gasteiger partial charge in [-0.1, -0.05) is 36.8 Å². The van der Waals surface area contributed by atoms with Crippen molar-refractivity contribution in [3.8, 4) is 0 Å². The van der Waals surface area contributed by atoms with Gasteiger partial charge in [-0.05, 0) is 63.5 Å². The van der Waals surface area contributed by atoms with Gasteiger partial charge in [0.25, 0.3) is 0 Å². The summed E-state index contributed by atoms with van der Waals surface area (Å²) in [6.07, 6.45) is 9.23. The maximum absolute atomic E-state index is 6.27. The van der Waals surface area contributed by atoms with Crippen molar-refractivity contribution in [2.45, 2.75) is 69.4 Å². The predicted molar refractivity (Wildman–Crippen MR) is 89.5 cm³/mol. The van der Waals surface area contributed by atoms with Crippen molar-refractivity contribution in [3.63, 3.8) is 0 Å². The van der Waals surface area contributed by atoms with Gasteiger partial charge in [-0.3, -0.25) is 4.90 Å². The third-order valence-corrected chi connectivity index (χ3v) is 5.98. The Labute approximate surface area is 129 Å². The van der Waals surface area contributed by atoms with Crippen LogP contribution in [0.3, 0.4) is 0 Å². The fourth-order valence-electron chi connectivity index (χ4n) is 4.63. The first-order chi connectivity index (χ1) is 10.2. The normalized spacial score (nSPS) is 34.8. The monoisotopic (exact) mass is 286 g/mol. The van der Waals surface area contributed by atoms with E-state index in [9.17, 15) is 0 Å². The summed E-state index contributed by atoms with van der Waals surface area (Å²) < 4.78 is 0. The number of likely N-dealkylation sites (tertiary alicyclic amines) is 1. The van der Waals surface area contributed by atoms with E-state index in [2.05, 4.69) is 42.2 Å². The van der Waals surface area contributed by atoms with Gasteiger partial charge in [0.2, 0.25) is 0 Å². The molecule has 2 N–H and O–H groups in total. The van der Waals surface area contributed by atoms with Crippen molar-refractivity contribution in [2.75, 3.05) is 13.1 Å². The molecular formula is C19H30N2. The lowest BCUT2D eigenvalue weighted by atomic mass is 9.72. The molecule has 2 nitrogen and oxygen atoms in total. The van der Waals surface area contributed by atoms with E-state index < -0.39 is 0 Å². The van der Waals surface area contributed by atoms with Gasteiger partial charge in [0.15, 0.2) is 0 Å². The fourth-order valence-corrected chi connectivity index (χ4v) is 4.63. The van der Waals surface area contributed by atoms with Crippen LogP contribution < -0.4 is 5.73 Å². The van der Waals surface area contributed by atoms with E-state index in [1.807, 2.05) is 0 Å². The van der Waals surface area contributed by atoms with Gasteiger partial charge in [0.05, 0.1) is 0 Å². The SMILES string of the molecule is CC1CCCCN1C1(CN)CCC(c2ccccc2)CC1. The number of hydrogen-bond acceptors (Lipinski definition) is 2. The van der Waals surface area contributed by atoms with Crippen LogP contribution in [0.5, 0.6) is 0 Å². The number of nitrogens with zero attached hydrogens (tertiary/aromatic N) is 1. The molecule has 2 heteroatoms. The Hall–Kier alpha value is -0.860. The Bertz CT molecular complexity index is 434. The molecule has 0 aromatic heterocycles. The first-order valence-corrected chi connectivity index (χ1v) is 8.77. The van der Waals surface area contributed by atoms with Crippen LogP contribution in [0.4, 0.5) is 0 Å². The molecular weight excluding hydrogens is 256 g/mol. The second-order valence-corrected chi connectivity index (χ2v) is 7.15. The van der Waals surface area contributed by atoms with Gasteiger partial charge in [-0.15, -0.1) is 0 Å². The highest BCUT2D eigenvalue weighted by molar-refractivity contribution is 5.21. The van der Waals surface area contributed by atoms with Gasteiger partial charge in [0.1, 0.15) is 0 Å². The molecule has 1 unspecified atom stereocenters. The predicted octanol–water partition coefficient (Wildman–Crippen LogP) is 3.92.